The third-order valence-corrected chi connectivity index (χ3v) is 5.90. The Morgan fingerprint density at radius 3 is 2.33 bits per heavy atom. The lowest BCUT2D eigenvalue weighted by Crippen LogP contribution is -2.31. The van der Waals surface area contributed by atoms with E-state index in [1.165, 1.54) is 16.7 Å². The molecule has 0 saturated carbocycles. The van der Waals surface area contributed by atoms with Crippen LogP contribution in [0.3, 0.4) is 0 Å². The summed E-state index contributed by atoms with van der Waals surface area (Å²) in [5, 5.41) is 0.751. The van der Waals surface area contributed by atoms with E-state index in [4.69, 9.17) is 0 Å². The molecule has 0 radical (unpaired) electrons. The molecule has 4 rings (SSSR count). The molecular formula is C20H21N3O3S. The molecule has 27 heavy (non-hydrogen) atoms. The summed E-state index contributed by atoms with van der Waals surface area (Å²) in [4.78, 5) is 43.5. The van der Waals surface area contributed by atoms with Crippen molar-refractivity contribution in [3.63, 3.8) is 0 Å². The topological polar surface area (TPSA) is 72.3 Å². The summed E-state index contributed by atoms with van der Waals surface area (Å²) in [7, 11) is 0. The summed E-state index contributed by atoms with van der Waals surface area (Å²) >= 11 is 1.48. The summed E-state index contributed by atoms with van der Waals surface area (Å²) in [6.07, 6.45) is 5.99. The van der Waals surface area contributed by atoms with Crippen LogP contribution in [-0.4, -0.2) is 39.1 Å². The first-order chi connectivity index (χ1) is 13.1. The quantitative estimate of drug-likeness (QED) is 0.332. The standard InChI is InChI=1S/C20H21N3O3S/c1-27-20-21-16-10-6-9-15(16)19(26)23(20)12-5-4-11-22-17(24)13-7-2-3-8-14(13)18(22)25/h2-3,7-8H,4-6,9-12H2,1H3. The predicted molar refractivity (Wildman–Crippen MR) is 103 cm³/mol. The van der Waals surface area contributed by atoms with Gasteiger partial charge in [0.2, 0.25) is 0 Å². The van der Waals surface area contributed by atoms with Gasteiger partial charge in [-0.15, -0.1) is 0 Å². The largest absolute Gasteiger partial charge is 0.287 e. The summed E-state index contributed by atoms with van der Waals surface area (Å²) < 4.78 is 1.75. The number of aromatic nitrogens is 2. The van der Waals surface area contributed by atoms with E-state index in [2.05, 4.69) is 4.98 Å². The molecule has 0 N–H and O–H groups in total. The van der Waals surface area contributed by atoms with Crippen LogP contribution in [0.2, 0.25) is 0 Å². The predicted octanol–water partition coefficient (Wildman–Crippen LogP) is 2.53. The monoisotopic (exact) mass is 383 g/mol. The van der Waals surface area contributed by atoms with Crippen LogP contribution in [0.4, 0.5) is 0 Å². The van der Waals surface area contributed by atoms with Crippen LogP contribution in [0.1, 0.15) is 51.2 Å². The second kappa shape index (κ2) is 7.31. The summed E-state index contributed by atoms with van der Waals surface area (Å²) in [6.45, 7) is 0.923. The van der Waals surface area contributed by atoms with Gasteiger partial charge in [0.15, 0.2) is 5.16 Å². The Morgan fingerprint density at radius 1 is 1.00 bits per heavy atom. The van der Waals surface area contributed by atoms with Crippen molar-refractivity contribution < 1.29 is 9.59 Å². The number of amides is 2. The van der Waals surface area contributed by atoms with Crippen LogP contribution in [-0.2, 0) is 19.4 Å². The maximum absolute atomic E-state index is 12.7. The van der Waals surface area contributed by atoms with Crippen molar-refractivity contribution in [3.8, 4) is 0 Å². The van der Waals surface area contributed by atoms with Crippen LogP contribution >= 0.6 is 11.8 Å². The van der Waals surface area contributed by atoms with Crippen LogP contribution < -0.4 is 5.56 Å². The molecule has 2 aromatic rings. The fraction of sp³-hybridized carbons (Fsp3) is 0.400. The van der Waals surface area contributed by atoms with E-state index in [9.17, 15) is 14.4 Å². The number of hydrogen-bond donors (Lipinski definition) is 0. The van der Waals surface area contributed by atoms with Gasteiger partial charge in [-0.2, -0.15) is 0 Å². The number of nitrogens with zero attached hydrogens (tertiary/aromatic N) is 3. The lowest BCUT2D eigenvalue weighted by molar-refractivity contribution is 0.0651. The first-order valence-electron chi connectivity index (χ1n) is 9.23. The molecule has 7 heteroatoms. The van der Waals surface area contributed by atoms with Crippen LogP contribution in [0.5, 0.6) is 0 Å². The van der Waals surface area contributed by atoms with Crippen LogP contribution in [0.15, 0.2) is 34.2 Å². The average molecular weight is 383 g/mol. The highest BCUT2D eigenvalue weighted by molar-refractivity contribution is 7.98. The molecule has 0 saturated heterocycles. The van der Waals surface area contributed by atoms with Gasteiger partial charge >= 0.3 is 0 Å². The van der Waals surface area contributed by atoms with Gasteiger partial charge in [0.05, 0.1) is 16.8 Å². The zero-order valence-corrected chi connectivity index (χ0v) is 16.1. The van der Waals surface area contributed by atoms with Crippen LogP contribution in [0.25, 0.3) is 0 Å². The minimum absolute atomic E-state index is 0.0718. The van der Waals surface area contributed by atoms with Gasteiger partial charge < -0.3 is 0 Å². The number of fused-ring (bicyclic) bond motifs is 2. The highest BCUT2D eigenvalue weighted by Crippen LogP contribution is 2.23. The van der Waals surface area contributed by atoms with Crippen molar-refractivity contribution >= 4 is 23.6 Å². The number of thioether (sulfide) groups is 1. The molecule has 2 amide bonds. The molecule has 6 nitrogen and oxygen atoms in total. The molecule has 1 aliphatic carbocycles. The second-order valence-corrected chi connectivity index (χ2v) is 7.62. The van der Waals surface area contributed by atoms with Crippen molar-refractivity contribution in [1.29, 1.82) is 0 Å². The van der Waals surface area contributed by atoms with Crippen molar-refractivity contribution in [2.24, 2.45) is 0 Å². The lowest BCUT2D eigenvalue weighted by atomic mass is 10.1. The molecule has 140 valence electrons. The molecule has 2 aliphatic rings. The van der Waals surface area contributed by atoms with E-state index in [0.717, 1.165) is 35.7 Å². The summed E-state index contributed by atoms with van der Waals surface area (Å²) in [5.74, 6) is -0.450. The first kappa shape index (κ1) is 18.0. The molecule has 0 bridgehead atoms. The Bertz CT molecular complexity index is 948. The highest BCUT2D eigenvalue weighted by atomic mass is 32.2. The molecule has 0 atom stereocenters. The smallest absolute Gasteiger partial charge is 0.261 e. The Balaban J connectivity index is 1.41. The number of unbranched alkanes of at least 4 members (excludes halogenated alkanes) is 1. The Hall–Kier alpha value is -2.41. The van der Waals surface area contributed by atoms with Gasteiger partial charge in [-0.3, -0.25) is 23.9 Å². The Labute approximate surface area is 161 Å². The number of carbonyl (C=O) groups is 2. The molecule has 2 heterocycles. The summed E-state index contributed by atoms with van der Waals surface area (Å²) in [6, 6.07) is 6.92. The van der Waals surface area contributed by atoms with E-state index in [1.54, 1.807) is 28.8 Å². The van der Waals surface area contributed by atoms with Crippen molar-refractivity contribution in [2.75, 3.05) is 12.8 Å². The number of benzene rings is 1. The minimum Gasteiger partial charge on any atom is -0.287 e. The highest BCUT2D eigenvalue weighted by Gasteiger charge is 2.34. The maximum atomic E-state index is 12.7. The van der Waals surface area contributed by atoms with Crippen molar-refractivity contribution in [2.45, 2.75) is 43.8 Å². The number of rotatable bonds is 6. The van der Waals surface area contributed by atoms with Gasteiger partial charge in [0, 0.05) is 18.7 Å². The molecule has 0 unspecified atom stereocenters. The van der Waals surface area contributed by atoms with E-state index in [1.807, 2.05) is 6.26 Å². The van der Waals surface area contributed by atoms with Gasteiger partial charge in [0.1, 0.15) is 0 Å². The maximum Gasteiger partial charge on any atom is 0.261 e. The third kappa shape index (κ3) is 3.10. The van der Waals surface area contributed by atoms with E-state index in [-0.39, 0.29) is 17.4 Å². The number of carbonyl (C=O) groups excluding carboxylic acids is 2. The summed E-state index contributed by atoms with van der Waals surface area (Å²) in [5.41, 5.74) is 2.83. The fourth-order valence-electron chi connectivity index (χ4n) is 3.84. The molecule has 0 spiro atoms. The fourth-order valence-corrected chi connectivity index (χ4v) is 4.44. The van der Waals surface area contributed by atoms with Gasteiger partial charge in [-0.1, -0.05) is 23.9 Å². The first-order valence-corrected chi connectivity index (χ1v) is 10.5. The lowest BCUT2D eigenvalue weighted by Gasteiger charge is -2.15. The average Bonchev–Trinajstić information content (AvgIpc) is 3.25. The number of aryl methyl sites for hydroxylation is 1. The normalized spacial score (nSPS) is 15.4. The zero-order chi connectivity index (χ0) is 19.0. The SMILES string of the molecule is CSc1nc2c(c(=O)n1CCCCN1C(=O)c3ccccc3C1=O)CCC2. The van der Waals surface area contributed by atoms with E-state index in [0.29, 0.717) is 37.1 Å². The molecule has 0 fully saturated rings. The van der Waals surface area contributed by atoms with Gasteiger partial charge in [0.25, 0.3) is 17.4 Å². The molecule has 1 aromatic heterocycles. The van der Waals surface area contributed by atoms with Crippen molar-refractivity contribution in [3.05, 3.63) is 57.0 Å². The van der Waals surface area contributed by atoms with Crippen LogP contribution in [0, 0.1) is 0 Å². The third-order valence-electron chi connectivity index (χ3n) is 5.23. The Kier molecular flexibility index (Phi) is 4.86. The van der Waals surface area contributed by atoms with Gasteiger partial charge in [-0.05, 0) is 50.5 Å². The number of imide groups is 1. The van der Waals surface area contributed by atoms with Crippen molar-refractivity contribution in [1.82, 2.24) is 14.5 Å². The minimum atomic E-state index is -0.225. The number of hydrogen-bond acceptors (Lipinski definition) is 5. The van der Waals surface area contributed by atoms with E-state index >= 15 is 0 Å². The molecule has 1 aromatic carbocycles. The second-order valence-electron chi connectivity index (χ2n) is 6.85. The Morgan fingerprint density at radius 2 is 1.67 bits per heavy atom. The van der Waals surface area contributed by atoms with Gasteiger partial charge in [-0.25, -0.2) is 4.98 Å². The molecular weight excluding hydrogens is 362 g/mol. The van der Waals surface area contributed by atoms with E-state index < -0.39 is 0 Å². The molecule has 1 aliphatic heterocycles. The zero-order valence-electron chi connectivity index (χ0n) is 15.2.